The van der Waals surface area contributed by atoms with Gasteiger partial charge < -0.3 is 4.74 Å². The van der Waals surface area contributed by atoms with Crippen molar-refractivity contribution in [2.45, 2.75) is 27.7 Å². The van der Waals surface area contributed by atoms with Crippen LogP contribution in [0.15, 0.2) is 12.5 Å². The van der Waals surface area contributed by atoms with Crippen molar-refractivity contribution in [2.24, 2.45) is 5.84 Å². The maximum Gasteiger partial charge on any atom is 0.196 e. The standard InChI is InChI=1S/C4H8N2O.2C2H6/c1-4-6(5)2-3-7-4;2*1-2/h1-3,5H2;2*1-2H3. The van der Waals surface area contributed by atoms with Gasteiger partial charge in [-0.15, -0.1) is 0 Å². The monoisotopic (exact) mass is 160 g/mol. The second kappa shape index (κ2) is 9.30. The molecule has 1 fully saturated rings. The highest BCUT2D eigenvalue weighted by Gasteiger charge is 2.09. The topological polar surface area (TPSA) is 38.5 Å². The molecule has 11 heavy (non-hydrogen) atoms. The molecule has 0 bridgehead atoms. The van der Waals surface area contributed by atoms with E-state index in [0.717, 1.165) is 6.54 Å². The average Bonchev–Trinajstić information content (AvgIpc) is 2.44. The molecule has 3 nitrogen and oxygen atoms in total. The van der Waals surface area contributed by atoms with Crippen LogP contribution in [0, 0.1) is 0 Å². The van der Waals surface area contributed by atoms with E-state index in [-0.39, 0.29) is 0 Å². The molecular formula is C8H20N2O. The zero-order valence-electron chi connectivity index (χ0n) is 8.05. The molecule has 0 radical (unpaired) electrons. The van der Waals surface area contributed by atoms with Gasteiger partial charge in [-0.3, -0.25) is 5.01 Å². The predicted octanol–water partition coefficient (Wildman–Crippen LogP) is 1.72. The number of hydrogen-bond acceptors (Lipinski definition) is 3. The first-order chi connectivity index (χ1) is 5.30. The summed E-state index contributed by atoms with van der Waals surface area (Å²) in [6, 6.07) is 0. The summed E-state index contributed by atoms with van der Waals surface area (Å²) in [6.07, 6.45) is 0. The fourth-order valence-corrected chi connectivity index (χ4v) is 0.469. The van der Waals surface area contributed by atoms with Crippen LogP contribution in [0.1, 0.15) is 27.7 Å². The summed E-state index contributed by atoms with van der Waals surface area (Å²) in [4.78, 5) is 0. The maximum atomic E-state index is 5.29. The van der Waals surface area contributed by atoms with Crippen molar-refractivity contribution < 1.29 is 4.74 Å². The molecule has 0 aromatic heterocycles. The molecular weight excluding hydrogens is 140 g/mol. The van der Waals surface area contributed by atoms with Gasteiger partial charge in [-0.1, -0.05) is 27.7 Å². The summed E-state index contributed by atoms with van der Waals surface area (Å²) in [7, 11) is 0. The molecule has 1 aliphatic rings. The number of hydrogen-bond donors (Lipinski definition) is 1. The third-order valence-corrected chi connectivity index (χ3v) is 0.921. The van der Waals surface area contributed by atoms with Crippen LogP contribution in [-0.2, 0) is 4.74 Å². The van der Waals surface area contributed by atoms with E-state index < -0.39 is 0 Å². The van der Waals surface area contributed by atoms with E-state index >= 15 is 0 Å². The van der Waals surface area contributed by atoms with Gasteiger partial charge in [0.25, 0.3) is 0 Å². The van der Waals surface area contributed by atoms with E-state index in [4.69, 9.17) is 10.6 Å². The van der Waals surface area contributed by atoms with E-state index in [1.165, 1.54) is 5.01 Å². The van der Waals surface area contributed by atoms with Crippen molar-refractivity contribution in [3.8, 4) is 0 Å². The van der Waals surface area contributed by atoms with Gasteiger partial charge in [-0.25, -0.2) is 5.84 Å². The molecule has 68 valence electrons. The Morgan fingerprint density at radius 2 is 1.82 bits per heavy atom. The molecule has 0 amide bonds. The first-order valence-corrected chi connectivity index (χ1v) is 4.14. The number of rotatable bonds is 0. The number of nitrogens with two attached hydrogens (primary N) is 1. The van der Waals surface area contributed by atoms with Gasteiger partial charge in [-0.2, -0.15) is 0 Å². The van der Waals surface area contributed by atoms with Crippen LogP contribution in [0.25, 0.3) is 0 Å². The third-order valence-electron chi connectivity index (χ3n) is 0.921. The van der Waals surface area contributed by atoms with Crippen LogP contribution in [0.2, 0.25) is 0 Å². The fraction of sp³-hybridized carbons (Fsp3) is 0.750. The Hall–Kier alpha value is -0.700. The molecule has 3 heteroatoms. The Bertz CT molecular complexity index is 94.1. The van der Waals surface area contributed by atoms with Gasteiger partial charge in [0.1, 0.15) is 6.61 Å². The molecule has 1 rings (SSSR count). The summed E-state index contributed by atoms with van der Waals surface area (Å²) < 4.78 is 4.87. The molecule has 0 atom stereocenters. The number of ether oxygens (including phenoxy) is 1. The first-order valence-electron chi connectivity index (χ1n) is 4.14. The minimum Gasteiger partial charge on any atom is -0.477 e. The quantitative estimate of drug-likeness (QED) is 0.548. The van der Waals surface area contributed by atoms with Crippen LogP contribution in [0.5, 0.6) is 0 Å². The highest BCUT2D eigenvalue weighted by atomic mass is 16.5. The summed E-state index contributed by atoms with van der Waals surface area (Å²) in [5.74, 6) is 5.86. The van der Waals surface area contributed by atoms with Crippen molar-refractivity contribution in [3.63, 3.8) is 0 Å². The molecule has 0 aromatic carbocycles. The predicted molar refractivity (Wildman–Crippen MR) is 48.7 cm³/mol. The summed E-state index contributed by atoms with van der Waals surface area (Å²) >= 11 is 0. The van der Waals surface area contributed by atoms with Crippen LogP contribution >= 0.6 is 0 Å². The second-order valence-electron chi connectivity index (χ2n) is 1.44. The lowest BCUT2D eigenvalue weighted by atomic mass is 10.7. The van der Waals surface area contributed by atoms with Gasteiger partial charge >= 0.3 is 0 Å². The van der Waals surface area contributed by atoms with Gasteiger partial charge in [0, 0.05) is 0 Å². The van der Waals surface area contributed by atoms with Crippen LogP contribution in [0.4, 0.5) is 0 Å². The number of hydrazine groups is 1. The first kappa shape index (κ1) is 12.9. The molecule has 0 aliphatic carbocycles. The largest absolute Gasteiger partial charge is 0.477 e. The summed E-state index contributed by atoms with van der Waals surface area (Å²) in [5.41, 5.74) is 0. The van der Waals surface area contributed by atoms with E-state index in [0.29, 0.717) is 12.5 Å². The lowest BCUT2D eigenvalue weighted by Crippen LogP contribution is -2.25. The van der Waals surface area contributed by atoms with Gasteiger partial charge in [-0.05, 0) is 6.58 Å². The SMILES string of the molecule is C=C1OCCN1N.CC.CC. The highest BCUT2D eigenvalue weighted by molar-refractivity contribution is 4.83. The second-order valence-corrected chi connectivity index (χ2v) is 1.44. The molecule has 1 saturated heterocycles. The normalized spacial score (nSPS) is 13.9. The zero-order chi connectivity index (χ0) is 9.28. The summed E-state index contributed by atoms with van der Waals surface area (Å²) in [6.45, 7) is 13.0. The molecule has 2 N–H and O–H groups in total. The average molecular weight is 160 g/mol. The third kappa shape index (κ3) is 5.73. The zero-order valence-corrected chi connectivity index (χ0v) is 8.05. The van der Waals surface area contributed by atoms with E-state index in [2.05, 4.69) is 6.58 Å². The Morgan fingerprint density at radius 1 is 1.36 bits per heavy atom. The molecule has 1 heterocycles. The molecule has 0 spiro atoms. The minimum absolute atomic E-state index is 0.569. The Kier molecular flexibility index (Phi) is 10.9. The Morgan fingerprint density at radius 3 is 1.91 bits per heavy atom. The van der Waals surface area contributed by atoms with E-state index in [1.54, 1.807) is 0 Å². The minimum atomic E-state index is 0.569. The van der Waals surface area contributed by atoms with Crippen molar-refractivity contribution in [2.75, 3.05) is 13.2 Å². The van der Waals surface area contributed by atoms with Gasteiger partial charge in [0.15, 0.2) is 5.88 Å². The van der Waals surface area contributed by atoms with Crippen molar-refractivity contribution in [1.82, 2.24) is 5.01 Å². The Labute approximate surface area is 69.8 Å². The lowest BCUT2D eigenvalue weighted by molar-refractivity contribution is 0.238. The highest BCUT2D eigenvalue weighted by Crippen LogP contribution is 2.03. The summed E-state index contributed by atoms with van der Waals surface area (Å²) in [5, 5.41) is 1.49. The smallest absolute Gasteiger partial charge is 0.196 e. The molecule has 0 saturated carbocycles. The maximum absolute atomic E-state index is 5.29. The van der Waals surface area contributed by atoms with Crippen LogP contribution < -0.4 is 5.84 Å². The van der Waals surface area contributed by atoms with E-state index in [1.807, 2.05) is 27.7 Å². The number of nitrogens with zero attached hydrogens (tertiary/aromatic N) is 1. The van der Waals surface area contributed by atoms with Gasteiger partial charge in [0.2, 0.25) is 0 Å². The van der Waals surface area contributed by atoms with Crippen molar-refractivity contribution >= 4 is 0 Å². The van der Waals surface area contributed by atoms with Crippen LogP contribution in [-0.4, -0.2) is 18.2 Å². The molecule has 0 aromatic rings. The lowest BCUT2D eigenvalue weighted by Gasteiger charge is -2.04. The molecule has 0 unspecified atom stereocenters. The van der Waals surface area contributed by atoms with E-state index in [9.17, 15) is 0 Å². The van der Waals surface area contributed by atoms with Crippen molar-refractivity contribution in [1.29, 1.82) is 0 Å². The van der Waals surface area contributed by atoms with Gasteiger partial charge in [0.05, 0.1) is 6.54 Å². The van der Waals surface area contributed by atoms with Crippen LogP contribution in [0.3, 0.4) is 0 Å². The molecule has 1 aliphatic heterocycles. The Balaban J connectivity index is 0. The fourth-order valence-electron chi connectivity index (χ4n) is 0.469. The van der Waals surface area contributed by atoms with Crippen molar-refractivity contribution in [3.05, 3.63) is 12.5 Å².